The summed E-state index contributed by atoms with van der Waals surface area (Å²) in [7, 11) is 0. The molecular formula is C23H18N2O5S. The second-order valence-corrected chi connectivity index (χ2v) is 7.90. The summed E-state index contributed by atoms with van der Waals surface area (Å²) >= 11 is 1.44. The molecule has 0 unspecified atom stereocenters. The van der Waals surface area contributed by atoms with Crippen LogP contribution >= 0.6 is 11.8 Å². The number of amides is 1. The van der Waals surface area contributed by atoms with Crippen LogP contribution in [0.4, 0.5) is 11.4 Å². The van der Waals surface area contributed by atoms with Crippen LogP contribution in [0.5, 0.6) is 0 Å². The Hall–Kier alpha value is -3.65. The number of nitro groups is 1. The third kappa shape index (κ3) is 4.15. The van der Waals surface area contributed by atoms with Gasteiger partial charge in [0.05, 0.1) is 34.9 Å². The van der Waals surface area contributed by atoms with Crippen LogP contribution in [0.3, 0.4) is 0 Å². The van der Waals surface area contributed by atoms with E-state index >= 15 is 0 Å². The molecule has 0 atom stereocenters. The summed E-state index contributed by atoms with van der Waals surface area (Å²) in [4.78, 5) is 39.7. The van der Waals surface area contributed by atoms with E-state index in [0.29, 0.717) is 22.4 Å². The van der Waals surface area contributed by atoms with E-state index in [1.54, 1.807) is 54.3 Å². The molecule has 0 saturated carbocycles. The van der Waals surface area contributed by atoms with E-state index in [4.69, 9.17) is 4.74 Å². The van der Waals surface area contributed by atoms with E-state index in [-0.39, 0.29) is 24.7 Å². The van der Waals surface area contributed by atoms with Crippen LogP contribution in [-0.2, 0) is 11.3 Å². The van der Waals surface area contributed by atoms with Crippen LogP contribution in [0, 0.1) is 10.1 Å². The van der Waals surface area contributed by atoms with E-state index in [1.807, 2.05) is 12.1 Å². The standard InChI is InChI=1S/C23H18N2O5S/c1-2-30-23(27)16-10-11-21-19(13-16)24(14-15-6-5-7-17(12-15)25(28)29)22(26)18-8-3-4-9-20(18)31-21/h3-13H,2,14H2,1H3. The number of carbonyl (C=O) groups is 2. The summed E-state index contributed by atoms with van der Waals surface area (Å²) in [6, 6.07) is 18.6. The van der Waals surface area contributed by atoms with Gasteiger partial charge < -0.3 is 9.64 Å². The Labute approximate surface area is 182 Å². The molecule has 0 N–H and O–H groups in total. The van der Waals surface area contributed by atoms with Crippen molar-refractivity contribution >= 4 is 35.0 Å². The molecule has 0 fully saturated rings. The van der Waals surface area contributed by atoms with Crippen molar-refractivity contribution in [1.29, 1.82) is 0 Å². The topological polar surface area (TPSA) is 89.8 Å². The fourth-order valence-corrected chi connectivity index (χ4v) is 4.43. The molecule has 1 amide bonds. The lowest BCUT2D eigenvalue weighted by atomic mass is 10.1. The van der Waals surface area contributed by atoms with Gasteiger partial charge in [-0.2, -0.15) is 0 Å². The molecule has 0 radical (unpaired) electrons. The quantitative estimate of drug-likeness (QED) is 0.316. The predicted octanol–water partition coefficient (Wildman–Crippen LogP) is 5.08. The first-order chi connectivity index (χ1) is 15.0. The maximum absolute atomic E-state index is 13.5. The lowest BCUT2D eigenvalue weighted by Gasteiger charge is -2.23. The molecule has 7 nitrogen and oxygen atoms in total. The first-order valence-corrected chi connectivity index (χ1v) is 10.4. The highest BCUT2D eigenvalue weighted by atomic mass is 32.2. The zero-order valence-corrected chi connectivity index (χ0v) is 17.4. The van der Waals surface area contributed by atoms with Gasteiger partial charge in [-0.25, -0.2) is 4.79 Å². The summed E-state index contributed by atoms with van der Waals surface area (Å²) in [6.07, 6.45) is 0. The normalized spacial score (nSPS) is 12.5. The van der Waals surface area contributed by atoms with Gasteiger partial charge in [-0.3, -0.25) is 14.9 Å². The summed E-state index contributed by atoms with van der Waals surface area (Å²) < 4.78 is 5.11. The number of nitro benzene ring substituents is 1. The third-order valence-corrected chi connectivity index (χ3v) is 5.95. The minimum absolute atomic E-state index is 0.0463. The Bertz CT molecular complexity index is 1190. The van der Waals surface area contributed by atoms with Crippen molar-refractivity contribution in [3.8, 4) is 0 Å². The van der Waals surface area contributed by atoms with Gasteiger partial charge in [-0.1, -0.05) is 36.0 Å². The summed E-state index contributed by atoms with van der Waals surface area (Å²) in [5.41, 5.74) is 1.99. The molecule has 156 valence electrons. The highest BCUT2D eigenvalue weighted by molar-refractivity contribution is 7.99. The molecule has 4 rings (SSSR count). The highest BCUT2D eigenvalue weighted by Crippen LogP contribution is 2.42. The van der Waals surface area contributed by atoms with Crippen molar-refractivity contribution in [3.05, 3.63) is 93.5 Å². The maximum Gasteiger partial charge on any atom is 0.338 e. The number of anilines is 1. The molecule has 1 aliphatic heterocycles. The average Bonchev–Trinajstić information content (AvgIpc) is 2.88. The van der Waals surface area contributed by atoms with Crippen molar-refractivity contribution in [2.75, 3.05) is 11.5 Å². The van der Waals surface area contributed by atoms with E-state index in [0.717, 1.165) is 9.79 Å². The van der Waals surface area contributed by atoms with Crippen molar-refractivity contribution < 1.29 is 19.2 Å². The summed E-state index contributed by atoms with van der Waals surface area (Å²) in [6.45, 7) is 2.09. The molecule has 0 saturated heterocycles. The van der Waals surface area contributed by atoms with Gasteiger partial charge in [-0.05, 0) is 42.8 Å². The smallest absolute Gasteiger partial charge is 0.338 e. The van der Waals surface area contributed by atoms with Crippen molar-refractivity contribution in [1.82, 2.24) is 0 Å². The van der Waals surface area contributed by atoms with Gasteiger partial charge in [0, 0.05) is 21.9 Å². The first kappa shape index (κ1) is 20.6. The van der Waals surface area contributed by atoms with Gasteiger partial charge in [0.25, 0.3) is 11.6 Å². The number of benzene rings is 3. The van der Waals surface area contributed by atoms with Crippen molar-refractivity contribution in [3.63, 3.8) is 0 Å². The van der Waals surface area contributed by atoms with Crippen molar-refractivity contribution in [2.24, 2.45) is 0 Å². The molecule has 1 heterocycles. The van der Waals surface area contributed by atoms with Crippen LogP contribution in [-0.4, -0.2) is 23.4 Å². The largest absolute Gasteiger partial charge is 0.462 e. The van der Waals surface area contributed by atoms with Crippen LogP contribution in [0.2, 0.25) is 0 Å². The molecule has 0 spiro atoms. The van der Waals surface area contributed by atoms with E-state index in [9.17, 15) is 19.7 Å². The van der Waals surface area contributed by atoms with E-state index in [1.165, 1.54) is 23.9 Å². The molecule has 1 aliphatic rings. The molecule has 0 bridgehead atoms. The number of non-ortho nitro benzene ring substituents is 1. The lowest BCUT2D eigenvalue weighted by molar-refractivity contribution is -0.384. The van der Waals surface area contributed by atoms with Crippen LogP contribution < -0.4 is 4.90 Å². The molecule has 0 aliphatic carbocycles. The number of hydrogen-bond acceptors (Lipinski definition) is 6. The highest BCUT2D eigenvalue weighted by Gasteiger charge is 2.28. The number of carbonyl (C=O) groups excluding carboxylic acids is 2. The maximum atomic E-state index is 13.5. The monoisotopic (exact) mass is 434 g/mol. The number of fused-ring (bicyclic) bond motifs is 2. The second kappa shape index (κ2) is 8.61. The zero-order valence-electron chi connectivity index (χ0n) is 16.6. The molecular weight excluding hydrogens is 416 g/mol. The minimum atomic E-state index is -0.472. The summed E-state index contributed by atoms with van der Waals surface area (Å²) in [5, 5.41) is 11.2. The van der Waals surface area contributed by atoms with Gasteiger partial charge in [0.2, 0.25) is 0 Å². The summed E-state index contributed by atoms with van der Waals surface area (Å²) in [5.74, 6) is -0.714. The fraction of sp³-hybridized carbons (Fsp3) is 0.130. The van der Waals surface area contributed by atoms with Gasteiger partial charge >= 0.3 is 5.97 Å². The molecule has 3 aromatic rings. The Kier molecular flexibility index (Phi) is 5.73. The van der Waals surface area contributed by atoms with Crippen LogP contribution in [0.15, 0.2) is 76.5 Å². The number of ether oxygens (including phenoxy) is 1. The van der Waals surface area contributed by atoms with Crippen LogP contribution in [0.25, 0.3) is 0 Å². The number of nitrogens with zero attached hydrogens (tertiary/aromatic N) is 2. The minimum Gasteiger partial charge on any atom is -0.462 e. The van der Waals surface area contributed by atoms with Gasteiger partial charge in [-0.15, -0.1) is 0 Å². The Morgan fingerprint density at radius 1 is 1.06 bits per heavy atom. The van der Waals surface area contributed by atoms with Gasteiger partial charge in [0.15, 0.2) is 0 Å². The Morgan fingerprint density at radius 3 is 2.65 bits per heavy atom. The average molecular weight is 434 g/mol. The molecule has 0 aromatic heterocycles. The SMILES string of the molecule is CCOC(=O)c1ccc2c(c1)N(Cc1cccc([N+](=O)[O-])c1)C(=O)c1ccccc1S2. The Balaban J connectivity index is 1.82. The lowest BCUT2D eigenvalue weighted by Crippen LogP contribution is -2.30. The Morgan fingerprint density at radius 2 is 1.87 bits per heavy atom. The number of rotatable bonds is 5. The van der Waals surface area contributed by atoms with Gasteiger partial charge in [0.1, 0.15) is 0 Å². The molecule has 31 heavy (non-hydrogen) atoms. The predicted molar refractivity (Wildman–Crippen MR) is 117 cm³/mol. The fourth-order valence-electron chi connectivity index (χ4n) is 3.37. The molecule has 3 aromatic carbocycles. The number of esters is 1. The van der Waals surface area contributed by atoms with Crippen molar-refractivity contribution in [2.45, 2.75) is 23.3 Å². The first-order valence-electron chi connectivity index (χ1n) is 9.61. The van der Waals surface area contributed by atoms with E-state index < -0.39 is 10.9 Å². The molecule has 8 heteroatoms. The van der Waals surface area contributed by atoms with Crippen LogP contribution in [0.1, 0.15) is 33.2 Å². The van der Waals surface area contributed by atoms with E-state index in [2.05, 4.69) is 0 Å². The number of hydrogen-bond donors (Lipinski definition) is 0. The second-order valence-electron chi connectivity index (χ2n) is 6.82. The zero-order chi connectivity index (χ0) is 22.0. The third-order valence-electron chi connectivity index (χ3n) is 4.81.